The van der Waals surface area contributed by atoms with Gasteiger partial charge in [0.15, 0.2) is 5.78 Å². The number of aromatic nitrogens is 1. The molecule has 1 aliphatic carbocycles. The van der Waals surface area contributed by atoms with Gasteiger partial charge in [-0.1, -0.05) is 25.3 Å². The average Bonchev–Trinajstić information content (AvgIpc) is 2.47. The van der Waals surface area contributed by atoms with Crippen LogP contribution in [0.25, 0.3) is 0 Å². The maximum atomic E-state index is 12.7. The molecule has 1 aromatic heterocycles. The van der Waals surface area contributed by atoms with Crippen molar-refractivity contribution in [1.29, 1.82) is 0 Å². The second kappa shape index (κ2) is 5.65. The Hall–Kier alpha value is -1.22. The number of carbonyl (C=O) groups is 1. The molecule has 20 heavy (non-hydrogen) atoms. The molecule has 2 fully saturated rings. The van der Waals surface area contributed by atoms with Gasteiger partial charge in [-0.3, -0.25) is 9.78 Å². The summed E-state index contributed by atoms with van der Waals surface area (Å²) in [6.45, 7) is 2.66. The third-order valence-corrected chi connectivity index (χ3v) is 4.77. The fraction of sp³-hybridized carbons (Fsp3) is 0.647. The fourth-order valence-corrected chi connectivity index (χ4v) is 3.69. The molecule has 1 saturated heterocycles. The predicted molar refractivity (Wildman–Crippen MR) is 77.8 cm³/mol. The molecule has 0 N–H and O–H groups in total. The van der Waals surface area contributed by atoms with E-state index in [0.717, 1.165) is 38.0 Å². The molecule has 0 radical (unpaired) electrons. The maximum absolute atomic E-state index is 12.7. The topological polar surface area (TPSA) is 39.2 Å². The number of nitrogens with zero attached hydrogens (tertiary/aromatic N) is 1. The SMILES string of the molecule is Cc1cccc(C(=O)C2CCOC3(CCCCC3)C2)n1. The molecule has 1 spiro atoms. The molecule has 3 heteroatoms. The number of hydrogen-bond donors (Lipinski definition) is 0. The molecule has 0 aromatic carbocycles. The highest BCUT2D eigenvalue weighted by molar-refractivity contribution is 5.96. The molecule has 0 bridgehead atoms. The Morgan fingerprint density at radius 1 is 1.30 bits per heavy atom. The quantitative estimate of drug-likeness (QED) is 0.771. The summed E-state index contributed by atoms with van der Waals surface area (Å²) in [5, 5.41) is 0. The predicted octanol–water partition coefficient (Wildman–Crippen LogP) is 3.70. The van der Waals surface area contributed by atoms with E-state index in [2.05, 4.69) is 4.98 Å². The minimum atomic E-state index is -0.0132. The Morgan fingerprint density at radius 2 is 2.10 bits per heavy atom. The highest BCUT2D eigenvalue weighted by atomic mass is 16.5. The van der Waals surface area contributed by atoms with Crippen LogP contribution in [0, 0.1) is 12.8 Å². The molecule has 3 rings (SSSR count). The summed E-state index contributed by atoms with van der Waals surface area (Å²) in [6.07, 6.45) is 7.77. The number of hydrogen-bond acceptors (Lipinski definition) is 3. The van der Waals surface area contributed by atoms with Gasteiger partial charge in [-0.2, -0.15) is 0 Å². The van der Waals surface area contributed by atoms with Crippen molar-refractivity contribution < 1.29 is 9.53 Å². The molecule has 1 atom stereocenters. The highest BCUT2D eigenvalue weighted by Gasteiger charge is 2.40. The van der Waals surface area contributed by atoms with Crippen LogP contribution in [0.2, 0.25) is 0 Å². The van der Waals surface area contributed by atoms with Gasteiger partial charge in [-0.15, -0.1) is 0 Å². The Bertz CT molecular complexity index is 486. The van der Waals surface area contributed by atoms with Crippen molar-refractivity contribution in [2.75, 3.05) is 6.61 Å². The lowest BCUT2D eigenvalue weighted by atomic mass is 9.74. The maximum Gasteiger partial charge on any atom is 0.184 e. The standard InChI is InChI=1S/C17H23NO2/c1-13-6-5-7-15(18-13)16(19)14-8-11-20-17(12-14)9-3-2-4-10-17/h5-7,14H,2-4,8-12H2,1H3. The lowest BCUT2D eigenvalue weighted by molar-refractivity contribution is -0.111. The molecule has 3 nitrogen and oxygen atoms in total. The first-order valence-electron chi connectivity index (χ1n) is 7.80. The third kappa shape index (κ3) is 2.78. The summed E-state index contributed by atoms with van der Waals surface area (Å²) in [4.78, 5) is 17.1. The molecule has 1 unspecified atom stereocenters. The summed E-state index contributed by atoms with van der Waals surface area (Å²) in [6, 6.07) is 5.70. The van der Waals surface area contributed by atoms with E-state index in [9.17, 15) is 4.79 Å². The molecule has 1 saturated carbocycles. The van der Waals surface area contributed by atoms with Gasteiger partial charge >= 0.3 is 0 Å². The Kier molecular flexibility index (Phi) is 3.88. The molecule has 0 amide bonds. The van der Waals surface area contributed by atoms with Crippen LogP contribution >= 0.6 is 0 Å². The third-order valence-electron chi connectivity index (χ3n) is 4.77. The second-order valence-corrected chi connectivity index (χ2v) is 6.31. The van der Waals surface area contributed by atoms with Crippen LogP contribution in [0.4, 0.5) is 0 Å². The molecule has 2 heterocycles. The van der Waals surface area contributed by atoms with Crippen LogP contribution in [0.5, 0.6) is 0 Å². The summed E-state index contributed by atoms with van der Waals surface area (Å²) in [7, 11) is 0. The zero-order chi connectivity index (χ0) is 14.0. The Labute approximate surface area is 120 Å². The van der Waals surface area contributed by atoms with Gasteiger partial charge in [0.2, 0.25) is 0 Å². The lowest BCUT2D eigenvalue weighted by Gasteiger charge is -2.43. The van der Waals surface area contributed by atoms with Crippen molar-refractivity contribution in [2.24, 2.45) is 5.92 Å². The van der Waals surface area contributed by atoms with E-state index in [1.807, 2.05) is 25.1 Å². The van der Waals surface area contributed by atoms with E-state index < -0.39 is 0 Å². The fourth-order valence-electron chi connectivity index (χ4n) is 3.69. The number of Topliss-reactive ketones (excluding diaryl/α,β-unsaturated/α-hetero) is 1. The number of pyridine rings is 1. The van der Waals surface area contributed by atoms with Crippen molar-refractivity contribution >= 4 is 5.78 Å². The normalized spacial score (nSPS) is 25.6. The van der Waals surface area contributed by atoms with E-state index in [4.69, 9.17) is 4.74 Å². The van der Waals surface area contributed by atoms with Gasteiger partial charge in [0.25, 0.3) is 0 Å². The molecule has 1 aromatic rings. The summed E-state index contributed by atoms with van der Waals surface area (Å²) in [5.74, 6) is 0.304. The Morgan fingerprint density at radius 3 is 2.85 bits per heavy atom. The van der Waals surface area contributed by atoms with Crippen LogP contribution in [0.3, 0.4) is 0 Å². The number of ether oxygens (including phenoxy) is 1. The first-order chi connectivity index (χ1) is 9.69. The molecule has 108 valence electrons. The van der Waals surface area contributed by atoms with E-state index >= 15 is 0 Å². The lowest BCUT2D eigenvalue weighted by Crippen LogP contribution is -2.43. The smallest absolute Gasteiger partial charge is 0.184 e. The zero-order valence-corrected chi connectivity index (χ0v) is 12.2. The number of rotatable bonds is 2. The minimum absolute atomic E-state index is 0.0132. The van der Waals surface area contributed by atoms with Gasteiger partial charge in [-0.25, -0.2) is 0 Å². The molecule has 2 aliphatic rings. The van der Waals surface area contributed by atoms with Gasteiger partial charge in [0, 0.05) is 18.2 Å². The summed E-state index contributed by atoms with van der Waals surface area (Å²) < 4.78 is 6.07. The van der Waals surface area contributed by atoms with Gasteiger partial charge < -0.3 is 4.74 Å². The van der Waals surface area contributed by atoms with E-state index in [1.54, 1.807) is 0 Å². The first-order valence-corrected chi connectivity index (χ1v) is 7.80. The number of ketones is 1. The van der Waals surface area contributed by atoms with E-state index in [1.165, 1.54) is 19.3 Å². The zero-order valence-electron chi connectivity index (χ0n) is 12.2. The Balaban J connectivity index is 1.74. The number of carbonyl (C=O) groups excluding carboxylic acids is 1. The number of aryl methyl sites for hydroxylation is 1. The van der Waals surface area contributed by atoms with Crippen molar-refractivity contribution in [3.05, 3.63) is 29.6 Å². The highest BCUT2D eigenvalue weighted by Crippen LogP contribution is 2.41. The van der Waals surface area contributed by atoms with Crippen molar-refractivity contribution in [2.45, 2.75) is 57.5 Å². The van der Waals surface area contributed by atoms with Crippen molar-refractivity contribution in [3.63, 3.8) is 0 Å². The molecular formula is C17H23NO2. The molecular weight excluding hydrogens is 250 g/mol. The first kappa shape index (κ1) is 13.7. The summed E-state index contributed by atoms with van der Waals surface area (Å²) >= 11 is 0. The molecule has 1 aliphatic heterocycles. The minimum Gasteiger partial charge on any atom is -0.375 e. The monoisotopic (exact) mass is 273 g/mol. The van der Waals surface area contributed by atoms with Crippen molar-refractivity contribution in [3.8, 4) is 0 Å². The second-order valence-electron chi connectivity index (χ2n) is 6.31. The van der Waals surface area contributed by atoms with Crippen LogP contribution in [0.1, 0.15) is 61.1 Å². The van der Waals surface area contributed by atoms with Crippen LogP contribution in [-0.4, -0.2) is 23.0 Å². The van der Waals surface area contributed by atoms with Crippen molar-refractivity contribution in [1.82, 2.24) is 4.98 Å². The van der Waals surface area contributed by atoms with Gasteiger partial charge in [0.05, 0.1) is 5.60 Å². The van der Waals surface area contributed by atoms with E-state index in [0.29, 0.717) is 5.69 Å². The van der Waals surface area contributed by atoms with Gasteiger partial charge in [-0.05, 0) is 44.7 Å². The summed E-state index contributed by atoms with van der Waals surface area (Å²) in [5.41, 5.74) is 1.53. The van der Waals surface area contributed by atoms with Crippen LogP contribution in [-0.2, 0) is 4.74 Å². The largest absolute Gasteiger partial charge is 0.375 e. The van der Waals surface area contributed by atoms with Crippen LogP contribution in [0.15, 0.2) is 18.2 Å². The van der Waals surface area contributed by atoms with Gasteiger partial charge in [0.1, 0.15) is 5.69 Å². The van der Waals surface area contributed by atoms with Crippen LogP contribution < -0.4 is 0 Å². The van der Waals surface area contributed by atoms with E-state index in [-0.39, 0.29) is 17.3 Å². The average molecular weight is 273 g/mol.